The second kappa shape index (κ2) is 13.0. The molecule has 0 bridgehead atoms. The van der Waals surface area contributed by atoms with E-state index in [4.69, 9.17) is 9.15 Å². The number of carbonyl (C=O) groups is 3. The van der Waals surface area contributed by atoms with Gasteiger partial charge in [-0.1, -0.05) is 60.3 Å². The van der Waals surface area contributed by atoms with E-state index >= 15 is 0 Å². The molecule has 0 aliphatic carbocycles. The van der Waals surface area contributed by atoms with Crippen LogP contribution in [0, 0.1) is 5.82 Å². The summed E-state index contributed by atoms with van der Waals surface area (Å²) in [5.74, 6) is -1.03. The van der Waals surface area contributed by atoms with E-state index in [9.17, 15) is 18.8 Å². The molecule has 1 fully saturated rings. The molecular weight excluding hydrogens is 547 g/mol. The molecule has 1 atom stereocenters. The van der Waals surface area contributed by atoms with E-state index in [0.717, 1.165) is 11.1 Å². The summed E-state index contributed by atoms with van der Waals surface area (Å²) in [6, 6.07) is 23.7. The van der Waals surface area contributed by atoms with Crippen molar-refractivity contribution >= 4 is 46.2 Å². The lowest BCUT2D eigenvalue weighted by Crippen LogP contribution is -2.33. The second-order valence-corrected chi connectivity index (χ2v) is 10.1. The smallest absolute Gasteiger partial charge is 0.407 e. The van der Waals surface area contributed by atoms with Crippen LogP contribution in [0.3, 0.4) is 0 Å². The van der Waals surface area contributed by atoms with E-state index in [2.05, 4.69) is 15.6 Å². The fraction of sp³-hybridized carbons (Fsp3) is 0.133. The molecule has 3 amide bonds. The van der Waals surface area contributed by atoms with Gasteiger partial charge in [-0.15, -0.1) is 0 Å². The van der Waals surface area contributed by atoms with Gasteiger partial charge >= 0.3 is 6.09 Å². The van der Waals surface area contributed by atoms with Crippen molar-refractivity contribution in [3.05, 3.63) is 120 Å². The van der Waals surface area contributed by atoms with E-state index in [1.54, 1.807) is 53.6 Å². The number of nitrogens with zero attached hydrogens (tertiary/aromatic N) is 2. The number of anilines is 1. The number of nitrogens with one attached hydrogen (secondary N) is 2. The van der Waals surface area contributed by atoms with Gasteiger partial charge in [-0.2, -0.15) is 0 Å². The Balaban J connectivity index is 1.20. The number of hydrogen-bond acceptors (Lipinski definition) is 7. The molecule has 1 aliphatic rings. The van der Waals surface area contributed by atoms with Crippen LogP contribution in [0.5, 0.6) is 0 Å². The van der Waals surface area contributed by atoms with Gasteiger partial charge in [-0.3, -0.25) is 14.5 Å². The van der Waals surface area contributed by atoms with Crippen molar-refractivity contribution < 1.29 is 27.9 Å². The number of thioether (sulfide) groups is 1. The molecule has 41 heavy (non-hydrogen) atoms. The molecule has 0 radical (unpaired) electrons. The monoisotopic (exact) mass is 572 g/mol. The third-order valence-electron chi connectivity index (χ3n) is 6.00. The molecule has 3 aromatic carbocycles. The lowest BCUT2D eigenvalue weighted by molar-refractivity contribution is -0.126. The van der Waals surface area contributed by atoms with E-state index in [1.807, 2.05) is 30.3 Å². The number of rotatable bonds is 9. The molecule has 11 heteroatoms. The number of hydrogen-bond donors (Lipinski definition) is 2. The van der Waals surface area contributed by atoms with E-state index in [0.29, 0.717) is 22.1 Å². The van der Waals surface area contributed by atoms with Gasteiger partial charge in [0.1, 0.15) is 24.2 Å². The summed E-state index contributed by atoms with van der Waals surface area (Å²) in [6.45, 7) is 0.0823. The lowest BCUT2D eigenvalue weighted by atomic mass is 10.1. The van der Waals surface area contributed by atoms with Crippen molar-refractivity contribution in [3.8, 4) is 0 Å². The Morgan fingerprint density at radius 1 is 1.00 bits per heavy atom. The van der Waals surface area contributed by atoms with Crippen molar-refractivity contribution in [1.29, 1.82) is 0 Å². The van der Waals surface area contributed by atoms with Crippen LogP contribution in [0.15, 0.2) is 107 Å². The van der Waals surface area contributed by atoms with Crippen molar-refractivity contribution in [1.82, 2.24) is 10.2 Å². The highest BCUT2D eigenvalue weighted by molar-refractivity contribution is 8.15. The first-order chi connectivity index (χ1) is 19.9. The summed E-state index contributed by atoms with van der Waals surface area (Å²) in [6.07, 6.45) is 2.38. The first-order valence-electron chi connectivity index (χ1n) is 12.6. The molecule has 5 rings (SSSR count). The Labute approximate surface area is 239 Å². The predicted molar refractivity (Wildman–Crippen MR) is 153 cm³/mol. The third kappa shape index (κ3) is 7.40. The van der Waals surface area contributed by atoms with Crippen molar-refractivity contribution in [2.75, 3.05) is 11.9 Å². The van der Waals surface area contributed by atoms with Crippen LogP contribution in [-0.2, 0) is 27.5 Å². The second-order valence-electron chi connectivity index (χ2n) is 9.01. The zero-order valence-electron chi connectivity index (χ0n) is 21.7. The molecule has 0 saturated carbocycles. The number of benzene rings is 3. The molecule has 2 heterocycles. The number of amidine groups is 1. The Hall–Kier alpha value is -4.90. The Bertz CT molecular complexity index is 1540. The summed E-state index contributed by atoms with van der Waals surface area (Å²) < 4.78 is 24.0. The number of halogens is 1. The molecule has 1 saturated heterocycles. The minimum atomic E-state index is -0.702. The maximum absolute atomic E-state index is 13.8. The highest BCUT2D eigenvalue weighted by atomic mass is 32.2. The molecule has 1 aliphatic heterocycles. The largest absolute Gasteiger partial charge is 0.472 e. The SMILES string of the molecule is O=C(CNC(=O)OCc1ccccc1)Nc1ccc(C2SC(=Nc3cccc(F)c3)N(Cc3ccoc3)C2=O)cc1. The molecule has 0 spiro atoms. The minimum Gasteiger partial charge on any atom is -0.472 e. The molecule has 208 valence electrons. The average molecular weight is 573 g/mol. The number of amides is 3. The standard InChI is InChI=1S/C30H25FN4O5S/c31-23-7-4-8-25(15-23)34-29-35(17-21-13-14-39-18-21)28(37)27(41-29)22-9-11-24(12-10-22)33-26(36)16-32-30(38)40-19-20-5-2-1-3-6-20/h1-15,18,27H,16-17,19H2,(H,32,38)(H,33,36). The quantitative estimate of drug-likeness (QED) is 0.263. The minimum absolute atomic E-state index is 0.0990. The van der Waals surface area contributed by atoms with Gasteiger partial charge in [0.15, 0.2) is 5.17 Å². The van der Waals surface area contributed by atoms with Crippen LogP contribution >= 0.6 is 11.8 Å². The van der Waals surface area contributed by atoms with Gasteiger partial charge in [-0.05, 0) is 47.5 Å². The van der Waals surface area contributed by atoms with Crippen LogP contribution < -0.4 is 10.6 Å². The Kier molecular flexibility index (Phi) is 8.75. The highest BCUT2D eigenvalue weighted by Gasteiger charge is 2.39. The van der Waals surface area contributed by atoms with E-state index in [1.165, 1.54) is 30.2 Å². The highest BCUT2D eigenvalue weighted by Crippen LogP contribution is 2.41. The molecule has 4 aromatic rings. The van der Waals surface area contributed by atoms with E-state index < -0.39 is 23.1 Å². The van der Waals surface area contributed by atoms with E-state index in [-0.39, 0.29) is 25.6 Å². The predicted octanol–water partition coefficient (Wildman–Crippen LogP) is 5.79. The summed E-state index contributed by atoms with van der Waals surface area (Å²) >= 11 is 1.26. The maximum Gasteiger partial charge on any atom is 0.407 e. The normalized spacial score (nSPS) is 15.6. The van der Waals surface area contributed by atoms with Crippen LogP contribution in [0.25, 0.3) is 0 Å². The first-order valence-corrected chi connectivity index (χ1v) is 13.5. The van der Waals surface area contributed by atoms with Crippen LogP contribution in [0.1, 0.15) is 21.9 Å². The maximum atomic E-state index is 13.8. The van der Waals surface area contributed by atoms with Gasteiger partial charge in [0.2, 0.25) is 11.8 Å². The van der Waals surface area contributed by atoms with Crippen LogP contribution in [0.4, 0.5) is 20.6 Å². The lowest BCUT2D eigenvalue weighted by Gasteiger charge is -2.15. The number of furan rings is 1. The van der Waals surface area contributed by atoms with Crippen LogP contribution in [-0.4, -0.2) is 34.5 Å². The summed E-state index contributed by atoms with van der Waals surface area (Å²) in [5.41, 5.74) is 3.23. The average Bonchev–Trinajstić information content (AvgIpc) is 3.60. The number of carbonyl (C=O) groups excluding carboxylic acids is 3. The number of aliphatic imine (C=N–C) groups is 1. The molecular formula is C30H25FN4O5S. The molecule has 1 unspecified atom stereocenters. The molecule has 1 aromatic heterocycles. The van der Waals surface area contributed by atoms with Crippen LogP contribution in [0.2, 0.25) is 0 Å². The number of ether oxygens (including phenoxy) is 1. The fourth-order valence-electron chi connectivity index (χ4n) is 3.99. The number of alkyl carbamates (subject to hydrolysis) is 1. The molecule has 2 N–H and O–H groups in total. The molecule has 9 nitrogen and oxygen atoms in total. The fourth-order valence-corrected chi connectivity index (χ4v) is 5.16. The van der Waals surface area contributed by atoms with Gasteiger partial charge < -0.3 is 19.8 Å². The first kappa shape index (κ1) is 27.7. The zero-order valence-corrected chi connectivity index (χ0v) is 22.5. The topological polar surface area (TPSA) is 113 Å². The zero-order chi connectivity index (χ0) is 28.6. The third-order valence-corrected chi connectivity index (χ3v) is 7.23. The Morgan fingerprint density at radius 3 is 2.54 bits per heavy atom. The Morgan fingerprint density at radius 2 is 1.80 bits per heavy atom. The van der Waals surface area contributed by atoms with Crippen molar-refractivity contribution in [2.45, 2.75) is 18.4 Å². The van der Waals surface area contributed by atoms with Gasteiger partial charge in [-0.25, -0.2) is 14.2 Å². The summed E-state index contributed by atoms with van der Waals surface area (Å²) in [5, 5.41) is 4.98. The summed E-state index contributed by atoms with van der Waals surface area (Å²) in [4.78, 5) is 43.8. The van der Waals surface area contributed by atoms with Gasteiger partial charge in [0.05, 0.1) is 24.8 Å². The summed E-state index contributed by atoms with van der Waals surface area (Å²) in [7, 11) is 0. The van der Waals surface area contributed by atoms with Gasteiger partial charge in [0, 0.05) is 11.3 Å². The van der Waals surface area contributed by atoms with Crippen molar-refractivity contribution in [2.24, 2.45) is 4.99 Å². The van der Waals surface area contributed by atoms with Crippen molar-refractivity contribution in [3.63, 3.8) is 0 Å². The van der Waals surface area contributed by atoms with Gasteiger partial charge in [0.25, 0.3) is 0 Å².